The average Bonchev–Trinajstić information content (AvgIpc) is 2.55. The van der Waals surface area contributed by atoms with E-state index in [4.69, 9.17) is 16.3 Å². The molecule has 0 aliphatic heterocycles. The molecule has 1 N–H and O–H groups in total. The lowest BCUT2D eigenvalue weighted by Gasteiger charge is -2.07. The largest absolute Gasteiger partial charge is 0.452 e. The standard InChI is InChI=1S/C17H16ClNO3/c18-15-8-6-13(7-9-15)10-11-19-16(20)12-22-17(21)14-4-2-1-3-5-14/h1-9H,10-12H2,(H,19,20). The Morgan fingerprint density at radius 1 is 1.00 bits per heavy atom. The molecule has 0 aromatic heterocycles. The maximum absolute atomic E-state index is 11.7. The number of carbonyl (C=O) groups is 2. The fourth-order valence-electron chi connectivity index (χ4n) is 1.84. The Labute approximate surface area is 134 Å². The number of amides is 1. The van der Waals surface area contributed by atoms with E-state index >= 15 is 0 Å². The summed E-state index contributed by atoms with van der Waals surface area (Å²) in [5.74, 6) is -0.827. The molecule has 1 amide bonds. The van der Waals surface area contributed by atoms with Crippen LogP contribution in [-0.4, -0.2) is 25.0 Å². The van der Waals surface area contributed by atoms with Gasteiger partial charge in [-0.15, -0.1) is 0 Å². The van der Waals surface area contributed by atoms with Crippen molar-refractivity contribution in [1.29, 1.82) is 0 Å². The molecule has 0 aliphatic carbocycles. The molecule has 114 valence electrons. The van der Waals surface area contributed by atoms with Gasteiger partial charge < -0.3 is 10.1 Å². The number of hydrogen-bond acceptors (Lipinski definition) is 3. The van der Waals surface area contributed by atoms with Crippen LogP contribution in [0.5, 0.6) is 0 Å². The Morgan fingerprint density at radius 2 is 1.68 bits per heavy atom. The molecule has 0 saturated heterocycles. The van der Waals surface area contributed by atoms with E-state index in [0.29, 0.717) is 23.6 Å². The van der Waals surface area contributed by atoms with Gasteiger partial charge in [-0.3, -0.25) is 4.79 Å². The third-order valence-corrected chi connectivity index (χ3v) is 3.24. The molecule has 0 bridgehead atoms. The first-order valence-electron chi connectivity index (χ1n) is 6.88. The minimum Gasteiger partial charge on any atom is -0.452 e. The molecule has 0 spiro atoms. The highest BCUT2D eigenvalue weighted by molar-refractivity contribution is 6.30. The van der Waals surface area contributed by atoms with E-state index in [2.05, 4.69) is 5.32 Å². The fraction of sp³-hybridized carbons (Fsp3) is 0.176. The first kappa shape index (κ1) is 16.0. The van der Waals surface area contributed by atoms with Crippen molar-refractivity contribution in [1.82, 2.24) is 5.32 Å². The third-order valence-electron chi connectivity index (χ3n) is 2.99. The van der Waals surface area contributed by atoms with Crippen molar-refractivity contribution in [2.45, 2.75) is 6.42 Å². The molecular formula is C17H16ClNO3. The highest BCUT2D eigenvalue weighted by Crippen LogP contribution is 2.09. The number of benzene rings is 2. The van der Waals surface area contributed by atoms with Crippen LogP contribution in [0.1, 0.15) is 15.9 Å². The first-order valence-corrected chi connectivity index (χ1v) is 7.26. The van der Waals surface area contributed by atoms with Gasteiger partial charge in [0.25, 0.3) is 5.91 Å². The van der Waals surface area contributed by atoms with Crippen LogP contribution in [0.3, 0.4) is 0 Å². The second-order valence-electron chi connectivity index (χ2n) is 4.67. The van der Waals surface area contributed by atoms with Gasteiger partial charge in [-0.25, -0.2) is 4.79 Å². The van der Waals surface area contributed by atoms with Crippen LogP contribution in [0.2, 0.25) is 5.02 Å². The lowest BCUT2D eigenvalue weighted by Crippen LogP contribution is -2.30. The molecule has 0 saturated carbocycles. The molecule has 2 aromatic carbocycles. The van der Waals surface area contributed by atoms with Crippen LogP contribution in [-0.2, 0) is 16.0 Å². The lowest BCUT2D eigenvalue weighted by molar-refractivity contribution is -0.124. The number of hydrogen-bond donors (Lipinski definition) is 1. The zero-order valence-electron chi connectivity index (χ0n) is 11.9. The second-order valence-corrected chi connectivity index (χ2v) is 5.11. The Bertz CT molecular complexity index is 626. The number of rotatable bonds is 6. The summed E-state index contributed by atoms with van der Waals surface area (Å²) < 4.78 is 4.94. The van der Waals surface area contributed by atoms with E-state index in [-0.39, 0.29) is 12.5 Å². The van der Waals surface area contributed by atoms with Gasteiger partial charge in [0.05, 0.1) is 5.56 Å². The van der Waals surface area contributed by atoms with Crippen LogP contribution >= 0.6 is 11.6 Å². The molecule has 0 unspecified atom stereocenters. The van der Waals surface area contributed by atoms with Gasteiger partial charge in [-0.1, -0.05) is 41.9 Å². The SMILES string of the molecule is O=C(COC(=O)c1ccccc1)NCCc1ccc(Cl)cc1. The van der Waals surface area contributed by atoms with E-state index in [1.165, 1.54) is 0 Å². The van der Waals surface area contributed by atoms with Crippen LogP contribution in [0.4, 0.5) is 0 Å². The molecule has 2 aromatic rings. The summed E-state index contributed by atoms with van der Waals surface area (Å²) in [5.41, 5.74) is 1.50. The van der Waals surface area contributed by atoms with Gasteiger partial charge in [0.2, 0.25) is 0 Å². The smallest absolute Gasteiger partial charge is 0.338 e. The van der Waals surface area contributed by atoms with E-state index in [0.717, 1.165) is 5.56 Å². The molecule has 4 nitrogen and oxygen atoms in total. The fourth-order valence-corrected chi connectivity index (χ4v) is 1.96. The molecule has 22 heavy (non-hydrogen) atoms. The number of esters is 1. The zero-order chi connectivity index (χ0) is 15.8. The minimum absolute atomic E-state index is 0.283. The summed E-state index contributed by atoms with van der Waals surface area (Å²) >= 11 is 5.80. The maximum atomic E-state index is 11.7. The van der Waals surface area contributed by atoms with Crippen molar-refractivity contribution in [3.05, 3.63) is 70.7 Å². The number of nitrogens with one attached hydrogen (secondary N) is 1. The zero-order valence-corrected chi connectivity index (χ0v) is 12.7. The van der Waals surface area contributed by atoms with Crippen molar-refractivity contribution in [2.75, 3.05) is 13.2 Å². The Balaban J connectivity index is 1.68. The van der Waals surface area contributed by atoms with Crippen molar-refractivity contribution >= 4 is 23.5 Å². The lowest BCUT2D eigenvalue weighted by atomic mass is 10.1. The first-order chi connectivity index (χ1) is 10.6. The van der Waals surface area contributed by atoms with Crippen LogP contribution in [0.15, 0.2) is 54.6 Å². The van der Waals surface area contributed by atoms with Gasteiger partial charge >= 0.3 is 5.97 Å². The quantitative estimate of drug-likeness (QED) is 0.834. The second kappa shape index (κ2) is 8.20. The predicted octanol–water partition coefficient (Wildman–Crippen LogP) is 2.86. The summed E-state index contributed by atoms with van der Waals surface area (Å²) in [4.78, 5) is 23.3. The highest BCUT2D eigenvalue weighted by atomic mass is 35.5. The Morgan fingerprint density at radius 3 is 2.36 bits per heavy atom. The van der Waals surface area contributed by atoms with Crippen molar-refractivity contribution < 1.29 is 14.3 Å². The monoisotopic (exact) mass is 317 g/mol. The van der Waals surface area contributed by atoms with Gasteiger partial charge in [0.1, 0.15) is 0 Å². The van der Waals surface area contributed by atoms with Gasteiger partial charge in [0, 0.05) is 11.6 Å². The summed E-state index contributed by atoms with van der Waals surface area (Å²) in [6.07, 6.45) is 0.690. The highest BCUT2D eigenvalue weighted by Gasteiger charge is 2.09. The minimum atomic E-state index is -0.506. The molecule has 5 heteroatoms. The molecular weight excluding hydrogens is 302 g/mol. The van der Waals surface area contributed by atoms with Crippen molar-refractivity contribution in [2.24, 2.45) is 0 Å². The van der Waals surface area contributed by atoms with Gasteiger partial charge in [-0.2, -0.15) is 0 Å². The summed E-state index contributed by atoms with van der Waals surface area (Å²) in [5, 5.41) is 3.38. The van der Waals surface area contributed by atoms with E-state index in [9.17, 15) is 9.59 Å². The molecule has 0 radical (unpaired) electrons. The van der Waals surface area contributed by atoms with E-state index in [1.807, 2.05) is 12.1 Å². The van der Waals surface area contributed by atoms with Gasteiger partial charge in [-0.05, 0) is 36.2 Å². The number of carbonyl (C=O) groups excluding carboxylic acids is 2. The van der Waals surface area contributed by atoms with E-state index in [1.54, 1.807) is 42.5 Å². The van der Waals surface area contributed by atoms with Crippen molar-refractivity contribution in [3.63, 3.8) is 0 Å². The van der Waals surface area contributed by atoms with Gasteiger partial charge in [0.15, 0.2) is 6.61 Å². The summed E-state index contributed by atoms with van der Waals surface area (Å²) in [7, 11) is 0. The number of halogens is 1. The predicted molar refractivity (Wildman–Crippen MR) is 84.9 cm³/mol. The Kier molecular flexibility index (Phi) is 5.98. The molecule has 0 aliphatic rings. The van der Waals surface area contributed by atoms with E-state index < -0.39 is 5.97 Å². The third kappa shape index (κ3) is 5.22. The van der Waals surface area contributed by atoms with Crippen LogP contribution in [0.25, 0.3) is 0 Å². The molecule has 0 fully saturated rings. The molecule has 0 heterocycles. The van der Waals surface area contributed by atoms with Crippen LogP contribution in [0, 0.1) is 0 Å². The molecule has 2 rings (SSSR count). The summed E-state index contributed by atoms with van der Waals surface area (Å²) in [6, 6.07) is 16.0. The molecule has 0 atom stereocenters. The van der Waals surface area contributed by atoms with Crippen LogP contribution < -0.4 is 5.32 Å². The topological polar surface area (TPSA) is 55.4 Å². The Hall–Kier alpha value is -2.33. The maximum Gasteiger partial charge on any atom is 0.338 e. The normalized spacial score (nSPS) is 10.0. The average molecular weight is 318 g/mol. The number of ether oxygens (including phenoxy) is 1. The van der Waals surface area contributed by atoms with Crippen molar-refractivity contribution in [3.8, 4) is 0 Å². The summed E-state index contributed by atoms with van der Waals surface area (Å²) in [6.45, 7) is 0.192.